The molecule has 0 bridgehead atoms. The summed E-state index contributed by atoms with van der Waals surface area (Å²) in [7, 11) is -3.66. The first-order valence-electron chi connectivity index (χ1n) is 8.84. The Hall–Kier alpha value is -2.82. The third kappa shape index (κ3) is 3.61. The van der Waals surface area contributed by atoms with E-state index in [1.165, 1.54) is 28.6 Å². The van der Waals surface area contributed by atoms with Crippen LogP contribution in [0, 0.1) is 10.1 Å². The number of benzene rings is 2. The fourth-order valence-electron chi connectivity index (χ4n) is 3.31. The highest BCUT2D eigenvalue weighted by Crippen LogP contribution is 2.21. The molecule has 0 atom stereocenters. The number of imidazole rings is 1. The molecule has 1 aliphatic rings. The molecule has 0 unspecified atom stereocenters. The standard InChI is InChI=1S/C18H19N5O4S/c24-23(25)14-5-7-15(8-6-14)28(26,27)22-11-9-21(10-12-22)13-18-19-16-3-1-2-4-17(16)20-18/h1-8H,9-13H2,(H,19,20). The maximum atomic E-state index is 12.8. The van der Waals surface area contributed by atoms with Gasteiger partial charge in [0.15, 0.2) is 0 Å². The summed E-state index contributed by atoms with van der Waals surface area (Å²) in [5.41, 5.74) is 1.77. The van der Waals surface area contributed by atoms with Crippen LogP contribution in [0.15, 0.2) is 53.4 Å². The normalized spacial score (nSPS) is 16.4. The van der Waals surface area contributed by atoms with Crippen LogP contribution < -0.4 is 0 Å². The van der Waals surface area contributed by atoms with Gasteiger partial charge in [0.05, 0.1) is 27.4 Å². The number of aromatic nitrogens is 2. The second-order valence-corrected chi connectivity index (χ2v) is 8.57. The van der Waals surface area contributed by atoms with E-state index >= 15 is 0 Å². The van der Waals surface area contributed by atoms with Gasteiger partial charge in [0, 0.05) is 38.3 Å². The second kappa shape index (κ2) is 7.30. The van der Waals surface area contributed by atoms with Gasteiger partial charge in [-0.05, 0) is 24.3 Å². The van der Waals surface area contributed by atoms with Crippen molar-refractivity contribution in [2.24, 2.45) is 0 Å². The van der Waals surface area contributed by atoms with Crippen molar-refractivity contribution in [2.75, 3.05) is 26.2 Å². The van der Waals surface area contributed by atoms with Gasteiger partial charge in [-0.1, -0.05) is 12.1 Å². The van der Waals surface area contributed by atoms with Gasteiger partial charge in [-0.3, -0.25) is 15.0 Å². The van der Waals surface area contributed by atoms with Crippen molar-refractivity contribution in [3.8, 4) is 0 Å². The summed E-state index contributed by atoms with van der Waals surface area (Å²) >= 11 is 0. The molecule has 4 rings (SSSR count). The summed E-state index contributed by atoms with van der Waals surface area (Å²) in [6.07, 6.45) is 0. The fraction of sp³-hybridized carbons (Fsp3) is 0.278. The molecule has 1 N–H and O–H groups in total. The average molecular weight is 401 g/mol. The molecule has 3 aromatic rings. The summed E-state index contributed by atoms with van der Waals surface area (Å²) in [5.74, 6) is 0.855. The summed E-state index contributed by atoms with van der Waals surface area (Å²) in [6.45, 7) is 2.52. The Morgan fingerprint density at radius 3 is 2.36 bits per heavy atom. The van der Waals surface area contributed by atoms with Gasteiger partial charge >= 0.3 is 0 Å². The van der Waals surface area contributed by atoms with Crippen LogP contribution >= 0.6 is 0 Å². The molecule has 1 aromatic heterocycles. The van der Waals surface area contributed by atoms with Crippen molar-refractivity contribution in [3.63, 3.8) is 0 Å². The highest BCUT2D eigenvalue weighted by Gasteiger charge is 2.29. The Labute approximate surface area is 161 Å². The zero-order valence-corrected chi connectivity index (χ0v) is 15.8. The molecule has 1 fully saturated rings. The topological polar surface area (TPSA) is 112 Å². The number of nitro groups is 1. The number of hydrogen-bond acceptors (Lipinski definition) is 6. The number of aromatic amines is 1. The molecule has 146 valence electrons. The minimum absolute atomic E-state index is 0.0730. The van der Waals surface area contributed by atoms with E-state index in [0.717, 1.165) is 16.9 Å². The van der Waals surface area contributed by atoms with Crippen molar-refractivity contribution in [3.05, 3.63) is 64.5 Å². The van der Waals surface area contributed by atoms with Crippen LogP contribution in [0.25, 0.3) is 11.0 Å². The summed E-state index contributed by atoms with van der Waals surface area (Å²) in [6, 6.07) is 12.8. The smallest absolute Gasteiger partial charge is 0.269 e. The maximum absolute atomic E-state index is 12.8. The molecule has 2 heterocycles. The lowest BCUT2D eigenvalue weighted by Gasteiger charge is -2.33. The molecule has 1 saturated heterocycles. The number of fused-ring (bicyclic) bond motifs is 1. The van der Waals surface area contributed by atoms with Crippen LogP contribution in [-0.4, -0.2) is 58.7 Å². The van der Waals surface area contributed by atoms with Crippen LogP contribution in [0.1, 0.15) is 5.82 Å². The first-order chi connectivity index (χ1) is 13.4. The number of nitrogens with zero attached hydrogens (tertiary/aromatic N) is 4. The summed E-state index contributed by atoms with van der Waals surface area (Å²) < 4.78 is 27.0. The number of rotatable bonds is 5. The van der Waals surface area contributed by atoms with Gasteiger partial charge in [-0.2, -0.15) is 4.31 Å². The molecular formula is C18H19N5O4S. The van der Waals surface area contributed by atoms with Crippen LogP contribution in [0.2, 0.25) is 0 Å². The minimum atomic E-state index is -3.66. The number of sulfonamides is 1. The van der Waals surface area contributed by atoms with Gasteiger partial charge in [0.1, 0.15) is 5.82 Å². The van der Waals surface area contributed by atoms with Gasteiger partial charge in [-0.25, -0.2) is 13.4 Å². The average Bonchev–Trinajstić information content (AvgIpc) is 3.10. The highest BCUT2D eigenvalue weighted by molar-refractivity contribution is 7.89. The van der Waals surface area contributed by atoms with E-state index in [1.807, 2.05) is 24.3 Å². The highest BCUT2D eigenvalue weighted by atomic mass is 32.2. The lowest BCUT2D eigenvalue weighted by molar-refractivity contribution is -0.384. The minimum Gasteiger partial charge on any atom is -0.341 e. The van der Waals surface area contributed by atoms with Crippen molar-refractivity contribution >= 4 is 26.7 Å². The predicted octanol–water partition coefficient (Wildman–Crippen LogP) is 1.98. The molecule has 10 heteroatoms. The molecule has 28 heavy (non-hydrogen) atoms. The molecule has 1 aliphatic heterocycles. The first kappa shape index (κ1) is 18.5. The number of piperazine rings is 1. The van der Waals surface area contributed by atoms with E-state index < -0.39 is 14.9 Å². The maximum Gasteiger partial charge on any atom is 0.269 e. The van der Waals surface area contributed by atoms with Crippen LogP contribution in [0.4, 0.5) is 5.69 Å². The Balaban J connectivity index is 1.40. The van der Waals surface area contributed by atoms with E-state index in [0.29, 0.717) is 32.7 Å². The number of para-hydroxylation sites is 2. The molecule has 0 spiro atoms. The van der Waals surface area contributed by atoms with Crippen molar-refractivity contribution in [1.29, 1.82) is 0 Å². The lowest BCUT2D eigenvalue weighted by Crippen LogP contribution is -2.48. The van der Waals surface area contributed by atoms with Crippen molar-refractivity contribution in [2.45, 2.75) is 11.4 Å². The Morgan fingerprint density at radius 2 is 1.71 bits per heavy atom. The van der Waals surface area contributed by atoms with Gasteiger partial charge in [0.2, 0.25) is 10.0 Å². The Kier molecular flexibility index (Phi) is 4.84. The van der Waals surface area contributed by atoms with Crippen LogP contribution in [-0.2, 0) is 16.6 Å². The molecule has 0 amide bonds. The van der Waals surface area contributed by atoms with E-state index in [1.54, 1.807) is 0 Å². The third-order valence-electron chi connectivity index (χ3n) is 4.83. The largest absolute Gasteiger partial charge is 0.341 e. The van der Waals surface area contributed by atoms with E-state index in [4.69, 9.17) is 0 Å². The molecule has 2 aromatic carbocycles. The Morgan fingerprint density at radius 1 is 1.04 bits per heavy atom. The molecule has 9 nitrogen and oxygen atoms in total. The quantitative estimate of drug-likeness (QED) is 0.517. The summed E-state index contributed by atoms with van der Waals surface area (Å²) in [5, 5.41) is 10.7. The second-order valence-electron chi connectivity index (χ2n) is 6.63. The molecular weight excluding hydrogens is 382 g/mol. The van der Waals surface area contributed by atoms with Crippen molar-refractivity contribution < 1.29 is 13.3 Å². The number of non-ortho nitro benzene ring substituents is 1. The summed E-state index contributed by atoms with van der Waals surface area (Å²) in [4.78, 5) is 20.3. The number of nitro benzene ring substituents is 1. The van der Waals surface area contributed by atoms with Crippen LogP contribution in [0.5, 0.6) is 0 Å². The van der Waals surface area contributed by atoms with Crippen molar-refractivity contribution in [1.82, 2.24) is 19.2 Å². The predicted molar refractivity (Wildman–Crippen MR) is 103 cm³/mol. The SMILES string of the molecule is O=[N+]([O-])c1ccc(S(=O)(=O)N2CCN(Cc3nc4ccccc4[nH]3)CC2)cc1. The zero-order chi connectivity index (χ0) is 19.7. The van der Waals surface area contributed by atoms with Gasteiger partial charge in [0.25, 0.3) is 5.69 Å². The molecule has 0 radical (unpaired) electrons. The lowest BCUT2D eigenvalue weighted by atomic mass is 10.3. The van der Waals surface area contributed by atoms with E-state index in [-0.39, 0.29) is 10.6 Å². The fourth-order valence-corrected chi connectivity index (χ4v) is 4.73. The monoisotopic (exact) mass is 401 g/mol. The van der Waals surface area contributed by atoms with E-state index in [2.05, 4.69) is 14.9 Å². The van der Waals surface area contributed by atoms with E-state index in [9.17, 15) is 18.5 Å². The van der Waals surface area contributed by atoms with Gasteiger partial charge in [-0.15, -0.1) is 0 Å². The molecule has 0 aliphatic carbocycles. The van der Waals surface area contributed by atoms with Crippen LogP contribution in [0.3, 0.4) is 0 Å². The molecule has 0 saturated carbocycles. The third-order valence-corrected chi connectivity index (χ3v) is 6.74. The number of hydrogen-bond donors (Lipinski definition) is 1. The van der Waals surface area contributed by atoms with Gasteiger partial charge < -0.3 is 4.98 Å². The number of H-pyrrole nitrogens is 1. The number of nitrogens with one attached hydrogen (secondary N) is 1. The zero-order valence-electron chi connectivity index (χ0n) is 15.0. The Bertz CT molecular complexity index is 1070. The first-order valence-corrected chi connectivity index (χ1v) is 10.3.